The number of aliphatic carboxylic acids is 1. The highest BCUT2D eigenvalue weighted by Gasteiger charge is 2.15. The average molecular weight is 317 g/mol. The van der Waals surface area contributed by atoms with E-state index in [9.17, 15) is 14.4 Å². The molecule has 0 spiro atoms. The SMILES string of the molecule is CCN(CC(=O)O)C(=O)CCn1cnc2c(C)cccc2c1=O. The molecule has 0 radical (unpaired) electrons. The fraction of sp³-hybridized carbons (Fsp3) is 0.375. The fourth-order valence-electron chi connectivity index (χ4n) is 2.41. The van der Waals surface area contributed by atoms with E-state index in [1.807, 2.05) is 13.0 Å². The minimum atomic E-state index is -1.06. The summed E-state index contributed by atoms with van der Waals surface area (Å²) in [6.07, 6.45) is 1.48. The van der Waals surface area contributed by atoms with Crippen molar-refractivity contribution in [3.05, 3.63) is 40.4 Å². The van der Waals surface area contributed by atoms with Crippen molar-refractivity contribution in [2.24, 2.45) is 0 Å². The zero-order chi connectivity index (χ0) is 17.0. The van der Waals surface area contributed by atoms with Crippen LogP contribution < -0.4 is 5.56 Å². The monoisotopic (exact) mass is 317 g/mol. The maximum atomic E-state index is 12.4. The van der Waals surface area contributed by atoms with Crippen LogP contribution in [-0.4, -0.2) is 44.5 Å². The molecule has 1 N–H and O–H groups in total. The molecule has 0 aliphatic rings. The number of para-hydroxylation sites is 1. The topological polar surface area (TPSA) is 92.5 Å². The second-order valence-electron chi connectivity index (χ2n) is 5.27. The van der Waals surface area contributed by atoms with Gasteiger partial charge >= 0.3 is 5.97 Å². The normalized spacial score (nSPS) is 10.7. The van der Waals surface area contributed by atoms with Crippen molar-refractivity contribution in [3.63, 3.8) is 0 Å². The summed E-state index contributed by atoms with van der Waals surface area (Å²) in [6, 6.07) is 5.38. The molecule has 1 aromatic heterocycles. The third-order valence-electron chi connectivity index (χ3n) is 3.68. The van der Waals surface area contributed by atoms with Gasteiger partial charge in [0, 0.05) is 19.5 Å². The van der Waals surface area contributed by atoms with E-state index in [0.29, 0.717) is 17.4 Å². The molecule has 0 unspecified atom stereocenters. The number of hydrogen-bond acceptors (Lipinski definition) is 4. The number of aromatic nitrogens is 2. The maximum Gasteiger partial charge on any atom is 0.323 e. The van der Waals surface area contributed by atoms with E-state index < -0.39 is 5.97 Å². The molecule has 7 nitrogen and oxygen atoms in total. The Morgan fingerprint density at radius 3 is 2.74 bits per heavy atom. The van der Waals surface area contributed by atoms with Crippen molar-refractivity contribution in [1.82, 2.24) is 14.5 Å². The number of hydrogen-bond donors (Lipinski definition) is 1. The first kappa shape index (κ1) is 16.7. The third kappa shape index (κ3) is 3.74. The van der Waals surface area contributed by atoms with Crippen molar-refractivity contribution in [2.75, 3.05) is 13.1 Å². The summed E-state index contributed by atoms with van der Waals surface area (Å²) < 4.78 is 1.38. The van der Waals surface area contributed by atoms with Crippen LogP contribution in [0.4, 0.5) is 0 Å². The van der Waals surface area contributed by atoms with Gasteiger partial charge in [0.2, 0.25) is 5.91 Å². The number of likely N-dealkylation sites (N-methyl/N-ethyl adjacent to an activating group) is 1. The lowest BCUT2D eigenvalue weighted by atomic mass is 10.1. The van der Waals surface area contributed by atoms with E-state index in [2.05, 4.69) is 4.98 Å². The van der Waals surface area contributed by atoms with Gasteiger partial charge in [0.15, 0.2) is 0 Å². The molecule has 23 heavy (non-hydrogen) atoms. The molecule has 0 aliphatic heterocycles. The highest BCUT2D eigenvalue weighted by Crippen LogP contribution is 2.11. The zero-order valence-corrected chi connectivity index (χ0v) is 13.2. The van der Waals surface area contributed by atoms with Crippen LogP contribution in [0.1, 0.15) is 18.9 Å². The Labute approximate surface area is 133 Å². The van der Waals surface area contributed by atoms with Crippen LogP contribution in [0.5, 0.6) is 0 Å². The van der Waals surface area contributed by atoms with E-state index in [-0.39, 0.29) is 31.0 Å². The van der Waals surface area contributed by atoms with Gasteiger partial charge in [-0.1, -0.05) is 12.1 Å². The van der Waals surface area contributed by atoms with Crippen molar-refractivity contribution < 1.29 is 14.7 Å². The Balaban J connectivity index is 2.16. The molecule has 0 aliphatic carbocycles. The molecule has 1 heterocycles. The highest BCUT2D eigenvalue weighted by atomic mass is 16.4. The van der Waals surface area contributed by atoms with Crippen molar-refractivity contribution in [2.45, 2.75) is 26.8 Å². The number of nitrogens with zero attached hydrogens (tertiary/aromatic N) is 3. The summed E-state index contributed by atoms with van der Waals surface area (Å²) in [7, 11) is 0. The van der Waals surface area contributed by atoms with Crippen molar-refractivity contribution in [3.8, 4) is 0 Å². The fourth-order valence-corrected chi connectivity index (χ4v) is 2.41. The van der Waals surface area contributed by atoms with Crippen LogP contribution in [0.25, 0.3) is 10.9 Å². The van der Waals surface area contributed by atoms with Crippen molar-refractivity contribution >= 4 is 22.8 Å². The standard InChI is InChI=1S/C16H19N3O4/c1-3-18(9-14(21)22)13(20)7-8-19-10-17-15-11(2)5-4-6-12(15)16(19)23/h4-6,10H,3,7-9H2,1-2H3,(H,21,22). The van der Waals surface area contributed by atoms with Gasteiger partial charge in [0.25, 0.3) is 5.56 Å². The molecule has 0 fully saturated rings. The lowest BCUT2D eigenvalue weighted by Gasteiger charge is -2.18. The minimum absolute atomic E-state index is 0.0556. The number of carbonyl (C=O) groups excluding carboxylic acids is 1. The first-order valence-electron chi connectivity index (χ1n) is 7.38. The highest BCUT2D eigenvalue weighted by molar-refractivity contribution is 5.82. The third-order valence-corrected chi connectivity index (χ3v) is 3.68. The summed E-state index contributed by atoms with van der Waals surface area (Å²) in [5.74, 6) is -1.36. The number of aryl methyl sites for hydroxylation is 2. The second-order valence-corrected chi connectivity index (χ2v) is 5.27. The van der Waals surface area contributed by atoms with Crippen LogP contribution in [0.15, 0.2) is 29.3 Å². The van der Waals surface area contributed by atoms with Crippen LogP contribution in [0.3, 0.4) is 0 Å². The average Bonchev–Trinajstić information content (AvgIpc) is 2.52. The Hall–Kier alpha value is -2.70. The summed E-state index contributed by atoms with van der Waals surface area (Å²) in [6.45, 7) is 3.75. The number of fused-ring (bicyclic) bond motifs is 1. The zero-order valence-electron chi connectivity index (χ0n) is 13.2. The molecule has 1 aromatic carbocycles. The van der Waals surface area contributed by atoms with Gasteiger partial charge in [-0.15, -0.1) is 0 Å². The molecule has 1 amide bonds. The van der Waals surface area contributed by atoms with E-state index in [1.165, 1.54) is 15.8 Å². The van der Waals surface area contributed by atoms with E-state index >= 15 is 0 Å². The summed E-state index contributed by atoms with van der Waals surface area (Å²) in [5, 5.41) is 9.29. The molecule has 0 atom stereocenters. The van der Waals surface area contributed by atoms with Crippen LogP contribution in [-0.2, 0) is 16.1 Å². The van der Waals surface area contributed by atoms with Gasteiger partial charge in [0.1, 0.15) is 6.54 Å². The molecule has 122 valence electrons. The first-order chi connectivity index (χ1) is 10.9. The molecular weight excluding hydrogens is 298 g/mol. The molecule has 0 saturated heterocycles. The largest absolute Gasteiger partial charge is 0.480 e. The number of benzene rings is 1. The first-order valence-corrected chi connectivity index (χ1v) is 7.38. The number of rotatable bonds is 6. The Bertz CT molecular complexity index is 798. The lowest BCUT2D eigenvalue weighted by Crippen LogP contribution is -2.36. The van der Waals surface area contributed by atoms with Crippen LogP contribution >= 0.6 is 0 Å². The quantitative estimate of drug-likeness (QED) is 0.859. The van der Waals surface area contributed by atoms with Gasteiger partial charge in [-0.25, -0.2) is 4.98 Å². The molecule has 7 heteroatoms. The number of carbonyl (C=O) groups is 2. The molecule has 0 bridgehead atoms. The van der Waals surface area contributed by atoms with Gasteiger partial charge in [0.05, 0.1) is 17.2 Å². The molecule has 2 aromatic rings. The summed E-state index contributed by atoms with van der Waals surface area (Å²) in [5.41, 5.74) is 1.37. The Morgan fingerprint density at radius 1 is 1.35 bits per heavy atom. The van der Waals surface area contributed by atoms with E-state index in [4.69, 9.17) is 5.11 Å². The van der Waals surface area contributed by atoms with Gasteiger partial charge in [-0.3, -0.25) is 19.0 Å². The lowest BCUT2D eigenvalue weighted by molar-refractivity contribution is -0.144. The predicted molar refractivity (Wildman–Crippen MR) is 85.2 cm³/mol. The molecule has 2 rings (SSSR count). The van der Waals surface area contributed by atoms with Gasteiger partial charge in [-0.05, 0) is 25.5 Å². The maximum absolute atomic E-state index is 12.4. The Morgan fingerprint density at radius 2 is 2.09 bits per heavy atom. The summed E-state index contributed by atoms with van der Waals surface area (Å²) in [4.78, 5) is 40.7. The molecular formula is C16H19N3O4. The van der Waals surface area contributed by atoms with Crippen LogP contribution in [0, 0.1) is 6.92 Å². The smallest absolute Gasteiger partial charge is 0.323 e. The predicted octanol–water partition coefficient (Wildman–Crippen LogP) is 1.03. The van der Waals surface area contributed by atoms with E-state index in [1.54, 1.807) is 19.1 Å². The van der Waals surface area contributed by atoms with Gasteiger partial charge in [-0.2, -0.15) is 0 Å². The second kappa shape index (κ2) is 7.04. The Kier molecular flexibility index (Phi) is 5.10. The van der Waals surface area contributed by atoms with E-state index in [0.717, 1.165) is 5.56 Å². The number of carboxylic acid groups (broad SMARTS) is 1. The molecule has 0 saturated carbocycles. The van der Waals surface area contributed by atoms with Crippen molar-refractivity contribution in [1.29, 1.82) is 0 Å². The van der Waals surface area contributed by atoms with Crippen LogP contribution in [0.2, 0.25) is 0 Å². The summed E-state index contributed by atoms with van der Waals surface area (Å²) >= 11 is 0. The number of carboxylic acids is 1. The number of amides is 1. The van der Waals surface area contributed by atoms with Gasteiger partial charge < -0.3 is 10.0 Å². The minimum Gasteiger partial charge on any atom is -0.480 e.